The highest BCUT2D eigenvalue weighted by Crippen LogP contribution is 2.48. The molecule has 2 atom stereocenters. The van der Waals surface area contributed by atoms with Crippen LogP contribution in [0.4, 0.5) is 14.9 Å². The summed E-state index contributed by atoms with van der Waals surface area (Å²) in [5.41, 5.74) is 1.73. The molecule has 0 saturated carbocycles. The van der Waals surface area contributed by atoms with Crippen molar-refractivity contribution < 1.29 is 18.7 Å². The lowest BCUT2D eigenvalue weighted by atomic mass is 9.73. The molecule has 6 nitrogen and oxygen atoms in total. The van der Waals surface area contributed by atoms with Gasteiger partial charge < -0.3 is 19.4 Å². The quantitative estimate of drug-likeness (QED) is 0.692. The van der Waals surface area contributed by atoms with Crippen LogP contribution in [0.5, 0.6) is 0 Å². The van der Waals surface area contributed by atoms with E-state index in [0.29, 0.717) is 19.2 Å². The summed E-state index contributed by atoms with van der Waals surface area (Å²) in [7, 11) is 0. The number of hydrogen-bond acceptors (Lipinski definition) is 4. The zero-order valence-electron chi connectivity index (χ0n) is 19.2. The molecule has 4 aliphatic rings. The first kappa shape index (κ1) is 21.7. The van der Waals surface area contributed by atoms with Gasteiger partial charge in [-0.1, -0.05) is 0 Å². The van der Waals surface area contributed by atoms with Crippen LogP contribution in [0.3, 0.4) is 0 Å². The van der Waals surface area contributed by atoms with E-state index in [2.05, 4.69) is 4.90 Å². The number of carbonyl (C=O) groups is 2. The Morgan fingerprint density at radius 3 is 2.44 bits per heavy atom. The van der Waals surface area contributed by atoms with Gasteiger partial charge in [0.2, 0.25) is 5.91 Å². The molecule has 2 amide bonds. The second-order valence-electron chi connectivity index (χ2n) is 10.1. The fourth-order valence-corrected chi connectivity index (χ4v) is 6.81. The van der Waals surface area contributed by atoms with Gasteiger partial charge in [0.1, 0.15) is 5.82 Å². The van der Waals surface area contributed by atoms with Gasteiger partial charge in [-0.25, -0.2) is 9.18 Å². The molecule has 0 aliphatic carbocycles. The van der Waals surface area contributed by atoms with Gasteiger partial charge in [0.05, 0.1) is 6.61 Å². The molecule has 2 bridgehead atoms. The SMILES string of the molecule is CCOC(=O)N1C2CCCC1CC(N1CCC3(CC1)CN(C(C)=O)c1ccc(F)cc13)C2. The summed E-state index contributed by atoms with van der Waals surface area (Å²) in [4.78, 5) is 31.2. The van der Waals surface area contributed by atoms with Crippen molar-refractivity contribution in [1.29, 1.82) is 0 Å². The first-order valence-electron chi connectivity index (χ1n) is 12.2. The van der Waals surface area contributed by atoms with Gasteiger partial charge in [0.25, 0.3) is 0 Å². The number of carbonyl (C=O) groups excluding carboxylic acids is 2. The average Bonchev–Trinajstić information content (AvgIpc) is 3.07. The van der Waals surface area contributed by atoms with E-state index in [1.54, 1.807) is 19.1 Å². The first-order valence-corrected chi connectivity index (χ1v) is 12.2. The molecule has 4 aliphatic heterocycles. The van der Waals surface area contributed by atoms with Crippen LogP contribution in [0.1, 0.15) is 64.4 Å². The monoisotopic (exact) mass is 443 g/mol. The predicted octanol–water partition coefficient (Wildman–Crippen LogP) is 4.07. The van der Waals surface area contributed by atoms with Crippen LogP contribution in [0.15, 0.2) is 18.2 Å². The van der Waals surface area contributed by atoms with Crippen LogP contribution in [0.2, 0.25) is 0 Å². The van der Waals surface area contributed by atoms with E-state index in [0.717, 1.165) is 62.9 Å². The van der Waals surface area contributed by atoms with Crippen molar-refractivity contribution in [3.05, 3.63) is 29.6 Å². The van der Waals surface area contributed by atoms with Gasteiger partial charge >= 0.3 is 6.09 Å². The second kappa shape index (κ2) is 8.32. The van der Waals surface area contributed by atoms with Crippen molar-refractivity contribution in [2.24, 2.45) is 0 Å². The fourth-order valence-electron chi connectivity index (χ4n) is 6.81. The molecule has 0 aromatic heterocycles. The maximum absolute atomic E-state index is 14.1. The van der Waals surface area contributed by atoms with Gasteiger partial charge in [-0.3, -0.25) is 4.79 Å². The second-order valence-corrected chi connectivity index (χ2v) is 10.1. The minimum absolute atomic E-state index is 0.0244. The minimum atomic E-state index is -0.227. The number of benzene rings is 1. The largest absolute Gasteiger partial charge is 0.450 e. The van der Waals surface area contributed by atoms with Crippen molar-refractivity contribution in [2.75, 3.05) is 31.1 Å². The zero-order valence-corrected chi connectivity index (χ0v) is 19.2. The minimum Gasteiger partial charge on any atom is -0.450 e. The molecular weight excluding hydrogens is 409 g/mol. The summed E-state index contributed by atoms with van der Waals surface area (Å²) in [5, 5.41) is 0. The smallest absolute Gasteiger partial charge is 0.410 e. The number of piperidine rings is 3. The fraction of sp³-hybridized carbons (Fsp3) is 0.680. The molecule has 1 aromatic carbocycles. The van der Waals surface area contributed by atoms with Gasteiger partial charge in [-0.05, 0) is 88.7 Å². The Labute approximate surface area is 189 Å². The van der Waals surface area contributed by atoms with Crippen LogP contribution >= 0.6 is 0 Å². The standard InChI is InChI=1S/C25H34FN3O3/c1-3-32-24(31)29-19-5-4-6-20(29)15-21(14-19)27-11-9-25(10-12-27)16-28(17(2)30)23-8-7-18(26)13-22(23)25/h7-8,13,19-21H,3-6,9-12,14-16H2,1-2H3. The number of amides is 2. The molecule has 32 heavy (non-hydrogen) atoms. The number of ether oxygens (including phenoxy) is 1. The average molecular weight is 444 g/mol. The number of hydrogen-bond donors (Lipinski definition) is 0. The lowest BCUT2D eigenvalue weighted by Crippen LogP contribution is -2.60. The summed E-state index contributed by atoms with van der Waals surface area (Å²) in [6.07, 6.45) is 7.03. The zero-order chi connectivity index (χ0) is 22.5. The van der Waals surface area contributed by atoms with Gasteiger partial charge in [0, 0.05) is 42.7 Å². The molecule has 0 radical (unpaired) electrons. The summed E-state index contributed by atoms with van der Waals surface area (Å²) in [6, 6.07) is 5.90. The molecule has 0 N–H and O–H groups in total. The molecule has 4 heterocycles. The maximum atomic E-state index is 14.1. The van der Waals surface area contributed by atoms with Crippen LogP contribution in [0, 0.1) is 5.82 Å². The third-order valence-corrected chi connectivity index (χ3v) is 8.36. The number of nitrogens with zero attached hydrogens (tertiary/aromatic N) is 3. The Balaban J connectivity index is 1.29. The van der Waals surface area contributed by atoms with Gasteiger partial charge in [0.15, 0.2) is 0 Å². The molecule has 1 aromatic rings. The molecule has 174 valence electrons. The number of fused-ring (bicyclic) bond motifs is 4. The Hall–Kier alpha value is -2.15. The van der Waals surface area contributed by atoms with E-state index in [1.165, 1.54) is 12.5 Å². The van der Waals surface area contributed by atoms with E-state index in [9.17, 15) is 14.0 Å². The van der Waals surface area contributed by atoms with Crippen molar-refractivity contribution in [3.8, 4) is 0 Å². The lowest BCUT2D eigenvalue weighted by molar-refractivity contribution is -0.116. The number of rotatable bonds is 2. The molecular formula is C25H34FN3O3. The summed E-state index contributed by atoms with van der Waals surface area (Å²) >= 11 is 0. The third kappa shape index (κ3) is 3.58. The highest BCUT2D eigenvalue weighted by molar-refractivity contribution is 5.94. The van der Waals surface area contributed by atoms with E-state index < -0.39 is 0 Å². The third-order valence-electron chi connectivity index (χ3n) is 8.36. The first-order chi connectivity index (χ1) is 15.4. The molecule has 5 rings (SSSR count). The van der Waals surface area contributed by atoms with Crippen molar-refractivity contribution in [3.63, 3.8) is 0 Å². The number of likely N-dealkylation sites (tertiary alicyclic amines) is 1. The summed E-state index contributed by atoms with van der Waals surface area (Å²) in [6.45, 7) is 6.44. The van der Waals surface area contributed by atoms with Crippen LogP contribution in [-0.2, 0) is 14.9 Å². The van der Waals surface area contributed by atoms with Crippen molar-refractivity contribution in [2.45, 2.75) is 82.3 Å². The van der Waals surface area contributed by atoms with Crippen molar-refractivity contribution >= 4 is 17.7 Å². The van der Waals surface area contributed by atoms with E-state index in [-0.39, 0.29) is 35.3 Å². The van der Waals surface area contributed by atoms with Crippen LogP contribution < -0.4 is 4.90 Å². The Bertz CT molecular complexity index is 884. The maximum Gasteiger partial charge on any atom is 0.410 e. The van der Waals surface area contributed by atoms with E-state index in [4.69, 9.17) is 4.74 Å². The highest BCUT2D eigenvalue weighted by atomic mass is 19.1. The van der Waals surface area contributed by atoms with Crippen LogP contribution in [-0.4, -0.2) is 66.2 Å². The Kier molecular flexibility index (Phi) is 5.64. The highest BCUT2D eigenvalue weighted by Gasteiger charge is 2.48. The summed E-state index contributed by atoms with van der Waals surface area (Å²) in [5.74, 6) is -0.202. The molecule has 3 saturated heterocycles. The van der Waals surface area contributed by atoms with E-state index in [1.807, 2.05) is 16.7 Å². The lowest BCUT2D eigenvalue weighted by Gasteiger charge is -2.52. The molecule has 2 unspecified atom stereocenters. The number of anilines is 1. The van der Waals surface area contributed by atoms with Gasteiger partial charge in [-0.15, -0.1) is 0 Å². The van der Waals surface area contributed by atoms with Crippen LogP contribution in [0.25, 0.3) is 0 Å². The Morgan fingerprint density at radius 1 is 1.12 bits per heavy atom. The molecule has 1 spiro atoms. The van der Waals surface area contributed by atoms with E-state index >= 15 is 0 Å². The Morgan fingerprint density at radius 2 is 1.81 bits per heavy atom. The van der Waals surface area contributed by atoms with Gasteiger partial charge in [-0.2, -0.15) is 0 Å². The molecule has 3 fully saturated rings. The predicted molar refractivity (Wildman–Crippen MR) is 120 cm³/mol. The summed E-state index contributed by atoms with van der Waals surface area (Å²) < 4.78 is 19.5. The topological polar surface area (TPSA) is 53.1 Å². The molecule has 7 heteroatoms. The number of halogens is 1. The van der Waals surface area contributed by atoms with Crippen molar-refractivity contribution in [1.82, 2.24) is 9.80 Å². The normalized spacial score (nSPS) is 29.2.